The summed E-state index contributed by atoms with van der Waals surface area (Å²) in [5, 5.41) is 24.7. The normalized spacial score (nSPS) is 11.5. The molecule has 0 unspecified atom stereocenters. The van der Waals surface area contributed by atoms with Crippen LogP contribution in [-0.2, 0) is 21.6 Å². The maximum atomic E-state index is 12.6. The highest BCUT2D eigenvalue weighted by atomic mass is 32.2. The van der Waals surface area contributed by atoms with Gasteiger partial charge in [0.1, 0.15) is 11.9 Å². The zero-order chi connectivity index (χ0) is 20.9. The van der Waals surface area contributed by atoms with Crippen molar-refractivity contribution < 1.29 is 9.53 Å². The molecule has 9 nitrogen and oxygen atoms in total. The molecule has 0 spiro atoms. The minimum Gasteiger partial charge on any atom is -0.385 e. The van der Waals surface area contributed by atoms with Crippen molar-refractivity contribution in [3.05, 3.63) is 16.8 Å². The summed E-state index contributed by atoms with van der Waals surface area (Å²) in [6, 6.07) is 2.21. The second-order valence-electron chi connectivity index (χ2n) is 7.42. The average molecular weight is 406 g/mol. The Labute approximate surface area is 169 Å². The van der Waals surface area contributed by atoms with Crippen LogP contribution in [0.5, 0.6) is 0 Å². The summed E-state index contributed by atoms with van der Waals surface area (Å²) in [5.41, 5.74) is 2.06. The van der Waals surface area contributed by atoms with Gasteiger partial charge in [-0.2, -0.15) is 5.26 Å². The Morgan fingerprint density at radius 3 is 2.68 bits per heavy atom. The number of nitrogens with one attached hydrogen (secondary N) is 1. The molecule has 1 N–H and O–H groups in total. The van der Waals surface area contributed by atoms with Gasteiger partial charge in [-0.3, -0.25) is 4.79 Å². The smallest absolute Gasteiger partial charge is 0.235 e. The second-order valence-corrected chi connectivity index (χ2v) is 8.37. The molecule has 0 saturated heterocycles. The number of amides is 1. The van der Waals surface area contributed by atoms with Gasteiger partial charge in [0.05, 0.1) is 16.9 Å². The van der Waals surface area contributed by atoms with E-state index in [0.29, 0.717) is 29.7 Å². The Morgan fingerprint density at radius 1 is 1.36 bits per heavy atom. The average Bonchev–Trinajstić information content (AvgIpc) is 3.19. The van der Waals surface area contributed by atoms with Crippen LogP contribution in [0.25, 0.3) is 0 Å². The maximum Gasteiger partial charge on any atom is 0.235 e. The number of rotatable bonds is 8. The van der Waals surface area contributed by atoms with Crippen LogP contribution in [0.1, 0.15) is 44.0 Å². The van der Waals surface area contributed by atoms with E-state index in [2.05, 4.69) is 26.9 Å². The fourth-order valence-corrected chi connectivity index (χ4v) is 3.62. The number of methoxy groups -OCH3 is 1. The number of hydrogen-bond acceptors (Lipinski definition) is 7. The van der Waals surface area contributed by atoms with E-state index in [1.165, 1.54) is 11.8 Å². The largest absolute Gasteiger partial charge is 0.385 e. The molecule has 1 amide bonds. The number of thioether (sulfide) groups is 1. The first-order valence-electron chi connectivity index (χ1n) is 9.01. The number of hydrogen-bond donors (Lipinski definition) is 1. The van der Waals surface area contributed by atoms with Crippen molar-refractivity contribution in [3.8, 4) is 6.07 Å². The predicted molar refractivity (Wildman–Crippen MR) is 107 cm³/mol. The van der Waals surface area contributed by atoms with Crippen molar-refractivity contribution in [3.63, 3.8) is 0 Å². The fourth-order valence-electron chi connectivity index (χ4n) is 2.77. The first-order valence-corrected chi connectivity index (χ1v) is 9.99. The molecule has 28 heavy (non-hydrogen) atoms. The molecule has 152 valence electrons. The van der Waals surface area contributed by atoms with Crippen LogP contribution < -0.4 is 5.32 Å². The summed E-state index contributed by atoms with van der Waals surface area (Å²) >= 11 is 1.26. The SMILES string of the molecule is COCCCn1c(C)c(C)c(C#N)c1NC(=O)CSc1nnnn1C(C)(C)C. The highest BCUT2D eigenvalue weighted by Crippen LogP contribution is 2.27. The molecule has 2 aromatic heterocycles. The molecule has 0 saturated carbocycles. The van der Waals surface area contributed by atoms with Crippen molar-refractivity contribution in [1.29, 1.82) is 5.26 Å². The molecular weight excluding hydrogens is 378 g/mol. The van der Waals surface area contributed by atoms with E-state index in [4.69, 9.17) is 4.74 Å². The van der Waals surface area contributed by atoms with E-state index in [1.807, 2.05) is 39.2 Å². The molecule has 0 bridgehead atoms. The maximum absolute atomic E-state index is 12.6. The summed E-state index contributed by atoms with van der Waals surface area (Å²) in [6.07, 6.45) is 0.786. The Balaban J connectivity index is 2.14. The van der Waals surface area contributed by atoms with Crippen LogP contribution in [0.2, 0.25) is 0 Å². The van der Waals surface area contributed by atoms with E-state index >= 15 is 0 Å². The molecule has 0 aliphatic carbocycles. The van der Waals surface area contributed by atoms with Crippen LogP contribution in [0, 0.1) is 25.2 Å². The number of nitriles is 1. The van der Waals surface area contributed by atoms with Gasteiger partial charge < -0.3 is 14.6 Å². The van der Waals surface area contributed by atoms with Crippen molar-refractivity contribution in [1.82, 2.24) is 24.8 Å². The van der Waals surface area contributed by atoms with E-state index in [1.54, 1.807) is 11.8 Å². The molecule has 2 heterocycles. The lowest BCUT2D eigenvalue weighted by atomic mass is 10.1. The number of carbonyl (C=O) groups is 1. The lowest BCUT2D eigenvalue weighted by molar-refractivity contribution is -0.113. The number of anilines is 1. The summed E-state index contributed by atoms with van der Waals surface area (Å²) in [7, 11) is 1.65. The molecule has 10 heteroatoms. The van der Waals surface area contributed by atoms with Gasteiger partial charge in [0.15, 0.2) is 0 Å². The fraction of sp³-hybridized carbons (Fsp3) is 0.611. The van der Waals surface area contributed by atoms with Crippen molar-refractivity contribution in [2.45, 2.75) is 58.3 Å². The first kappa shape index (κ1) is 21.9. The van der Waals surface area contributed by atoms with Crippen LogP contribution in [0.3, 0.4) is 0 Å². The standard InChI is InChI=1S/C18H27N7O2S/c1-12-13(2)24(8-7-9-27-6)16(14(12)10-19)20-15(26)11-28-17-21-22-23-25(17)18(3,4)5/h7-9,11H2,1-6H3,(H,20,26). The summed E-state index contributed by atoms with van der Waals surface area (Å²) < 4.78 is 8.77. The second kappa shape index (κ2) is 9.21. The van der Waals surface area contributed by atoms with E-state index in [9.17, 15) is 10.1 Å². The number of aromatic nitrogens is 5. The van der Waals surface area contributed by atoms with Gasteiger partial charge in [-0.1, -0.05) is 11.8 Å². The monoisotopic (exact) mass is 405 g/mol. The van der Waals surface area contributed by atoms with Crippen LogP contribution >= 0.6 is 11.8 Å². The van der Waals surface area contributed by atoms with Gasteiger partial charge >= 0.3 is 0 Å². The van der Waals surface area contributed by atoms with Gasteiger partial charge in [0, 0.05) is 26.0 Å². The Morgan fingerprint density at radius 2 is 2.07 bits per heavy atom. The Hall–Kier alpha value is -2.38. The Kier molecular flexibility index (Phi) is 7.21. The van der Waals surface area contributed by atoms with Crippen LogP contribution in [-0.4, -0.2) is 50.2 Å². The number of tetrazole rings is 1. The lowest BCUT2D eigenvalue weighted by Gasteiger charge is -2.19. The molecule has 0 atom stereocenters. The number of ether oxygens (including phenoxy) is 1. The summed E-state index contributed by atoms with van der Waals surface area (Å²) in [5.74, 6) is 0.466. The summed E-state index contributed by atoms with van der Waals surface area (Å²) in [4.78, 5) is 12.6. The molecule has 0 aliphatic rings. The zero-order valence-corrected chi connectivity index (χ0v) is 18.1. The van der Waals surface area contributed by atoms with E-state index in [0.717, 1.165) is 17.7 Å². The van der Waals surface area contributed by atoms with Gasteiger partial charge in [-0.25, -0.2) is 4.68 Å². The number of carbonyl (C=O) groups excluding carboxylic acids is 1. The van der Waals surface area contributed by atoms with E-state index < -0.39 is 0 Å². The topological polar surface area (TPSA) is 111 Å². The molecule has 2 rings (SSSR count). The van der Waals surface area contributed by atoms with Gasteiger partial charge in [0.2, 0.25) is 11.1 Å². The third kappa shape index (κ3) is 4.91. The molecule has 2 aromatic rings. The van der Waals surface area contributed by atoms with Crippen molar-refractivity contribution in [2.75, 3.05) is 24.8 Å². The zero-order valence-electron chi connectivity index (χ0n) is 17.2. The molecule has 0 aromatic carbocycles. The minimum atomic E-state index is -0.277. The Bertz CT molecular complexity index is 874. The highest BCUT2D eigenvalue weighted by molar-refractivity contribution is 7.99. The van der Waals surface area contributed by atoms with Crippen molar-refractivity contribution >= 4 is 23.5 Å². The quantitative estimate of drug-likeness (QED) is 0.530. The van der Waals surface area contributed by atoms with Gasteiger partial charge in [-0.15, -0.1) is 5.10 Å². The van der Waals surface area contributed by atoms with Crippen LogP contribution in [0.15, 0.2) is 5.16 Å². The molecule has 0 fully saturated rings. The third-order valence-corrected chi connectivity index (χ3v) is 5.26. The number of nitrogens with zero attached hydrogens (tertiary/aromatic N) is 6. The molecule has 0 radical (unpaired) electrons. The van der Waals surface area contributed by atoms with Gasteiger partial charge in [-0.05, 0) is 57.0 Å². The van der Waals surface area contributed by atoms with Gasteiger partial charge in [0.25, 0.3) is 0 Å². The molecule has 0 aliphatic heterocycles. The highest BCUT2D eigenvalue weighted by Gasteiger charge is 2.22. The van der Waals surface area contributed by atoms with Crippen molar-refractivity contribution in [2.24, 2.45) is 0 Å². The predicted octanol–water partition coefficient (Wildman–Crippen LogP) is 2.49. The van der Waals surface area contributed by atoms with E-state index in [-0.39, 0.29) is 17.2 Å². The molecular formula is C18H27N7O2S. The van der Waals surface area contributed by atoms with Crippen LogP contribution in [0.4, 0.5) is 5.82 Å². The summed E-state index contributed by atoms with van der Waals surface area (Å²) in [6.45, 7) is 11.1. The lowest BCUT2D eigenvalue weighted by Crippen LogP contribution is -2.25. The first-order chi connectivity index (χ1) is 13.2. The minimum absolute atomic E-state index is 0.142. The third-order valence-electron chi connectivity index (χ3n) is 4.34.